The first-order valence-corrected chi connectivity index (χ1v) is 8.35. The average Bonchev–Trinajstić information content (AvgIpc) is 3.26. The molecule has 1 unspecified atom stereocenters. The lowest BCUT2D eigenvalue weighted by molar-refractivity contribution is 0.174. The molecule has 1 fully saturated rings. The maximum atomic E-state index is 5.54. The lowest BCUT2D eigenvalue weighted by atomic mass is 10.1. The molecule has 1 atom stereocenters. The van der Waals surface area contributed by atoms with Crippen LogP contribution in [0.15, 0.2) is 18.2 Å². The number of methoxy groups -OCH3 is 1. The summed E-state index contributed by atoms with van der Waals surface area (Å²) in [5, 5.41) is 4.64. The van der Waals surface area contributed by atoms with E-state index in [2.05, 4.69) is 27.7 Å². The minimum absolute atomic E-state index is 0.283. The molecule has 1 saturated heterocycles. The summed E-state index contributed by atoms with van der Waals surface area (Å²) >= 11 is 0. The van der Waals surface area contributed by atoms with E-state index in [1.54, 1.807) is 7.11 Å². The van der Waals surface area contributed by atoms with Gasteiger partial charge in [0, 0.05) is 37.0 Å². The number of hydrogen-bond acceptors (Lipinski definition) is 5. The highest BCUT2D eigenvalue weighted by Crippen LogP contribution is 2.39. The third kappa shape index (κ3) is 2.71. The fourth-order valence-corrected chi connectivity index (χ4v) is 3.69. The number of likely N-dealkylation sites (tertiary alicyclic amines) is 1. The molecular weight excluding hydrogens is 306 g/mol. The Balaban J connectivity index is 1.50. The molecule has 0 saturated carbocycles. The van der Waals surface area contributed by atoms with Gasteiger partial charge < -0.3 is 14.2 Å². The molecule has 2 aliphatic rings. The predicted molar refractivity (Wildman–Crippen MR) is 89.7 cm³/mol. The second kappa shape index (κ2) is 6.02. The fraction of sp³-hybridized carbons (Fsp3) is 0.500. The normalized spacial score (nSPS) is 19.9. The van der Waals surface area contributed by atoms with Gasteiger partial charge in [0.2, 0.25) is 6.79 Å². The number of hydrogen-bond donors (Lipinski definition) is 0. The van der Waals surface area contributed by atoms with Crippen molar-refractivity contribution in [3.05, 3.63) is 35.2 Å². The van der Waals surface area contributed by atoms with Gasteiger partial charge in [-0.2, -0.15) is 5.10 Å². The van der Waals surface area contributed by atoms with Crippen LogP contribution in [0.25, 0.3) is 0 Å². The van der Waals surface area contributed by atoms with Crippen molar-refractivity contribution in [2.24, 2.45) is 0 Å². The van der Waals surface area contributed by atoms with Crippen molar-refractivity contribution in [1.29, 1.82) is 0 Å². The minimum atomic E-state index is 0.283. The van der Waals surface area contributed by atoms with Crippen LogP contribution in [0, 0.1) is 13.8 Å². The molecule has 0 bridgehead atoms. The number of ether oxygens (including phenoxy) is 3. The van der Waals surface area contributed by atoms with Crippen LogP contribution in [0.2, 0.25) is 0 Å². The molecule has 3 heterocycles. The molecule has 0 N–H and O–H groups in total. The second-order valence-corrected chi connectivity index (χ2v) is 6.57. The van der Waals surface area contributed by atoms with Gasteiger partial charge in [0.1, 0.15) is 5.75 Å². The lowest BCUT2D eigenvalue weighted by Gasteiger charge is -2.19. The molecule has 0 radical (unpaired) electrons. The highest BCUT2D eigenvalue weighted by molar-refractivity contribution is 5.51. The van der Waals surface area contributed by atoms with Crippen LogP contribution in [-0.4, -0.2) is 41.7 Å². The third-order valence-electron chi connectivity index (χ3n) is 4.81. The Morgan fingerprint density at radius 2 is 2.00 bits per heavy atom. The summed E-state index contributed by atoms with van der Waals surface area (Å²) < 4.78 is 18.6. The molecule has 2 aliphatic heterocycles. The molecule has 6 nitrogen and oxygen atoms in total. The molecular formula is C18H23N3O3. The van der Waals surface area contributed by atoms with Gasteiger partial charge in [0.05, 0.1) is 18.8 Å². The number of aromatic nitrogens is 2. The largest absolute Gasteiger partial charge is 0.496 e. The zero-order chi connectivity index (χ0) is 16.7. The zero-order valence-corrected chi connectivity index (χ0v) is 14.4. The van der Waals surface area contributed by atoms with Crippen LogP contribution in [0.3, 0.4) is 0 Å². The maximum absolute atomic E-state index is 5.54. The van der Waals surface area contributed by atoms with Gasteiger partial charge in [-0.15, -0.1) is 0 Å². The molecule has 0 spiro atoms. The van der Waals surface area contributed by atoms with E-state index in [4.69, 9.17) is 14.2 Å². The van der Waals surface area contributed by atoms with Gasteiger partial charge in [0.15, 0.2) is 11.5 Å². The molecule has 6 heteroatoms. The van der Waals surface area contributed by atoms with Gasteiger partial charge in [-0.25, -0.2) is 0 Å². The van der Waals surface area contributed by atoms with Gasteiger partial charge in [0.25, 0.3) is 0 Å². The summed E-state index contributed by atoms with van der Waals surface area (Å²) in [5.74, 6) is 2.42. The molecule has 0 aliphatic carbocycles. The smallest absolute Gasteiger partial charge is 0.231 e. The minimum Gasteiger partial charge on any atom is -0.496 e. The fourth-order valence-electron chi connectivity index (χ4n) is 3.69. The maximum Gasteiger partial charge on any atom is 0.231 e. The second-order valence-electron chi connectivity index (χ2n) is 6.57. The molecule has 0 amide bonds. The Labute approximate surface area is 141 Å². The number of benzene rings is 1. The van der Waals surface area contributed by atoms with E-state index in [0.29, 0.717) is 6.04 Å². The SMILES string of the molecule is COc1cc2c(cc1CN1CCC(n3nc(C)cc3C)C1)OCO2. The van der Waals surface area contributed by atoms with E-state index in [1.807, 2.05) is 19.1 Å². The van der Waals surface area contributed by atoms with E-state index in [1.165, 1.54) is 5.69 Å². The van der Waals surface area contributed by atoms with Crippen molar-refractivity contribution in [2.75, 3.05) is 27.0 Å². The van der Waals surface area contributed by atoms with Crippen LogP contribution >= 0.6 is 0 Å². The van der Waals surface area contributed by atoms with Gasteiger partial charge >= 0.3 is 0 Å². The van der Waals surface area contributed by atoms with Crippen molar-refractivity contribution in [2.45, 2.75) is 32.9 Å². The van der Waals surface area contributed by atoms with Crippen LogP contribution < -0.4 is 14.2 Å². The van der Waals surface area contributed by atoms with E-state index in [0.717, 1.165) is 54.6 Å². The Kier molecular flexibility index (Phi) is 3.84. The first kappa shape index (κ1) is 15.3. The van der Waals surface area contributed by atoms with Crippen molar-refractivity contribution < 1.29 is 14.2 Å². The van der Waals surface area contributed by atoms with Crippen LogP contribution in [0.1, 0.15) is 29.4 Å². The quantitative estimate of drug-likeness (QED) is 0.863. The van der Waals surface area contributed by atoms with Crippen LogP contribution in [0.4, 0.5) is 0 Å². The van der Waals surface area contributed by atoms with Crippen molar-refractivity contribution in [3.63, 3.8) is 0 Å². The first-order valence-electron chi connectivity index (χ1n) is 8.35. The first-order chi connectivity index (χ1) is 11.6. The van der Waals surface area contributed by atoms with Crippen LogP contribution in [-0.2, 0) is 6.54 Å². The highest BCUT2D eigenvalue weighted by atomic mass is 16.7. The van der Waals surface area contributed by atoms with Crippen molar-refractivity contribution >= 4 is 0 Å². The number of rotatable bonds is 4. The van der Waals surface area contributed by atoms with Crippen molar-refractivity contribution in [3.8, 4) is 17.2 Å². The molecule has 128 valence electrons. The van der Waals surface area contributed by atoms with Gasteiger partial charge in [-0.3, -0.25) is 9.58 Å². The van der Waals surface area contributed by atoms with E-state index >= 15 is 0 Å². The zero-order valence-electron chi connectivity index (χ0n) is 14.4. The van der Waals surface area contributed by atoms with Crippen molar-refractivity contribution in [1.82, 2.24) is 14.7 Å². The standard InChI is InChI=1S/C18H23N3O3/c1-12-6-13(2)21(19-12)15-4-5-20(10-15)9-14-7-17-18(24-11-23-17)8-16(14)22-3/h6-8,15H,4-5,9-11H2,1-3H3. The average molecular weight is 329 g/mol. The summed E-state index contributed by atoms with van der Waals surface area (Å²) in [7, 11) is 1.70. The topological polar surface area (TPSA) is 48.8 Å². The number of nitrogens with zero attached hydrogens (tertiary/aromatic N) is 3. The lowest BCUT2D eigenvalue weighted by Crippen LogP contribution is -2.22. The monoisotopic (exact) mass is 329 g/mol. The predicted octanol–water partition coefficient (Wildman–Crippen LogP) is 2.68. The van der Waals surface area contributed by atoms with Gasteiger partial charge in [-0.05, 0) is 32.4 Å². The summed E-state index contributed by atoms with van der Waals surface area (Å²) in [6, 6.07) is 6.55. The van der Waals surface area contributed by atoms with E-state index in [-0.39, 0.29) is 6.79 Å². The summed E-state index contributed by atoms with van der Waals surface area (Å²) in [6.45, 7) is 7.36. The Hall–Kier alpha value is -2.21. The summed E-state index contributed by atoms with van der Waals surface area (Å²) in [5.41, 5.74) is 3.46. The van der Waals surface area contributed by atoms with E-state index < -0.39 is 0 Å². The van der Waals surface area contributed by atoms with Gasteiger partial charge in [-0.1, -0.05) is 0 Å². The molecule has 2 aromatic rings. The molecule has 1 aromatic carbocycles. The Morgan fingerprint density at radius 3 is 2.71 bits per heavy atom. The summed E-state index contributed by atoms with van der Waals surface area (Å²) in [4.78, 5) is 2.45. The summed E-state index contributed by atoms with van der Waals surface area (Å²) in [6.07, 6.45) is 1.12. The Morgan fingerprint density at radius 1 is 1.21 bits per heavy atom. The van der Waals surface area contributed by atoms with Crippen LogP contribution in [0.5, 0.6) is 17.2 Å². The molecule has 1 aromatic heterocycles. The number of aryl methyl sites for hydroxylation is 2. The highest BCUT2D eigenvalue weighted by Gasteiger charge is 2.27. The Bertz CT molecular complexity index is 756. The van der Waals surface area contributed by atoms with E-state index in [9.17, 15) is 0 Å². The third-order valence-corrected chi connectivity index (χ3v) is 4.81. The molecule has 24 heavy (non-hydrogen) atoms. The number of fused-ring (bicyclic) bond motifs is 1. The molecule has 4 rings (SSSR count).